The molecule has 0 saturated heterocycles. The Kier molecular flexibility index (Phi) is 15.1. The normalized spacial score (nSPS) is 11.7. The quantitative estimate of drug-likeness (QED) is 0.115. The van der Waals surface area contributed by atoms with Crippen molar-refractivity contribution < 1.29 is 20.8 Å². The van der Waals surface area contributed by atoms with E-state index < -0.39 is 37.0 Å². The molecule has 58 heavy (non-hydrogen) atoms. The zero-order valence-electron chi connectivity index (χ0n) is 35.1. The first-order chi connectivity index (χ1) is 27.9. The van der Waals surface area contributed by atoms with Crippen molar-refractivity contribution in [2.45, 2.75) is 66.0 Å². The molecule has 1 aliphatic heterocycles. The van der Waals surface area contributed by atoms with E-state index in [1.807, 2.05) is 6.07 Å². The Balaban J connectivity index is 0.000000145. The van der Waals surface area contributed by atoms with E-state index in [1.54, 1.807) is 10.4 Å². The zero-order valence-corrected chi connectivity index (χ0v) is 42.1. The smallest absolute Gasteiger partial charge is 0.0920 e. The van der Waals surface area contributed by atoms with E-state index in [9.17, 15) is 0 Å². The molecule has 1 heterocycles. The average Bonchev–Trinajstić information content (AvgIpc) is 3.96. The second kappa shape index (κ2) is 19.8. The number of halogens is 2. The van der Waals surface area contributed by atoms with Gasteiger partial charge in [0.05, 0.1) is 25.7 Å². The van der Waals surface area contributed by atoms with Crippen LogP contribution in [0.2, 0.25) is 39.3 Å². The average molecular weight is 924 g/mol. The van der Waals surface area contributed by atoms with E-state index in [4.69, 9.17) is 17.0 Å². The molecule has 0 N–H and O–H groups in total. The maximum Gasteiger partial charge on any atom is 0.0920 e. The van der Waals surface area contributed by atoms with E-state index >= 15 is 0 Å². The van der Waals surface area contributed by atoms with Crippen molar-refractivity contribution in [1.82, 2.24) is 0 Å². The van der Waals surface area contributed by atoms with Gasteiger partial charge in [-0.2, -0.15) is 41.6 Å². The van der Waals surface area contributed by atoms with Crippen LogP contribution in [0.15, 0.2) is 152 Å². The van der Waals surface area contributed by atoms with E-state index in [0.717, 1.165) is 22.4 Å². The van der Waals surface area contributed by atoms with Crippen molar-refractivity contribution in [3.8, 4) is 33.4 Å². The third kappa shape index (κ3) is 10.3. The number of fused-ring (bicyclic) bond motifs is 5. The molecule has 0 aliphatic carbocycles. The first kappa shape index (κ1) is 44.2. The topological polar surface area (TPSA) is 0 Å². The molecule has 0 spiro atoms. The van der Waals surface area contributed by atoms with Crippen LogP contribution >= 0.6 is 17.0 Å². The molecule has 0 aromatic heterocycles. The van der Waals surface area contributed by atoms with Crippen molar-refractivity contribution in [3.05, 3.63) is 169 Å². The molecule has 8 aromatic rings. The minimum atomic E-state index is -1.35. The van der Waals surface area contributed by atoms with Gasteiger partial charge < -0.3 is 0 Å². The molecule has 0 nitrogen and oxygen atoms in total. The first-order valence-corrected chi connectivity index (χ1v) is 34.6. The maximum absolute atomic E-state index is 4.93. The second-order valence-electron chi connectivity index (χ2n) is 16.8. The van der Waals surface area contributed by atoms with Gasteiger partial charge in [-0.3, -0.25) is 0 Å². The van der Waals surface area contributed by atoms with Gasteiger partial charge in [0.15, 0.2) is 0 Å². The Morgan fingerprint density at radius 1 is 0.517 bits per heavy atom. The van der Waals surface area contributed by atoms with Crippen LogP contribution in [0.25, 0.3) is 54.9 Å². The minimum Gasteiger partial charge on any atom is -0.184 e. The Hall–Kier alpha value is -3.35. The van der Waals surface area contributed by atoms with Gasteiger partial charge in [0.1, 0.15) is 0 Å². The van der Waals surface area contributed by atoms with Gasteiger partial charge in [0.25, 0.3) is 0 Å². The van der Waals surface area contributed by atoms with Crippen molar-refractivity contribution in [3.63, 3.8) is 0 Å². The third-order valence-corrected chi connectivity index (χ3v) is 16.3. The molecule has 2 radical (unpaired) electrons. The molecule has 0 fully saturated rings. The second-order valence-corrected chi connectivity index (χ2v) is 31.9. The van der Waals surface area contributed by atoms with Crippen LogP contribution in [0, 0.1) is 6.07 Å². The van der Waals surface area contributed by atoms with Gasteiger partial charge in [-0.1, -0.05) is 170 Å². The number of benzene rings is 6. The Morgan fingerprint density at radius 2 is 0.931 bits per heavy atom. The molecule has 1 aliphatic rings. The van der Waals surface area contributed by atoms with Crippen LogP contribution in [0.3, 0.4) is 0 Å². The SMILES string of the molecule is CCc1cc2c(-c3ccccc3[Si](C)(C)C)cccc2[cH-]1.CCc1cc2c(-c3ccccc3[Si](C)(C)C)cccc2[cH-]1.[Cl][Zr][Cl].[c-]1cccc2c1[Si]c1ccccc1-2. The van der Waals surface area contributed by atoms with E-state index in [1.165, 1.54) is 76.4 Å². The summed E-state index contributed by atoms with van der Waals surface area (Å²) in [5, 5.41) is 11.5. The van der Waals surface area contributed by atoms with E-state index in [2.05, 4.69) is 205 Å². The fraction of sp³-hybridized carbons (Fsp3) is 0.192. The number of rotatable bonds is 6. The summed E-state index contributed by atoms with van der Waals surface area (Å²) in [6.45, 7) is 19.0. The van der Waals surface area contributed by atoms with E-state index in [-0.39, 0.29) is 0 Å². The van der Waals surface area contributed by atoms with Crippen molar-refractivity contribution in [1.29, 1.82) is 0 Å². The maximum atomic E-state index is 4.93. The molecule has 9 rings (SSSR count). The Morgan fingerprint density at radius 3 is 1.40 bits per heavy atom. The summed E-state index contributed by atoms with van der Waals surface area (Å²) in [5.74, 6) is 0. The predicted molar refractivity (Wildman–Crippen MR) is 262 cm³/mol. The third-order valence-electron chi connectivity index (χ3n) is 10.8. The number of aryl methyl sites for hydroxylation is 2. The molecule has 0 amide bonds. The standard InChI is InChI=1S/2C20H23Si.C12H7Si.2ClH.Zr/c2*1-5-15-13-16-9-8-11-17(19(16)14-15)18-10-6-7-12-20(18)21(2,3)4;1-3-7-11-9(5-1)10-6-2-4-8-12(10)13-11;;;/h2*6-14H,5H2,1-4H3;1-7H;2*1H;/q3*-1;;;+2/p-2. The molecule has 0 atom stereocenters. The number of hydrogen-bond acceptors (Lipinski definition) is 0. The van der Waals surface area contributed by atoms with E-state index in [0.29, 0.717) is 0 Å². The molecule has 0 bridgehead atoms. The fourth-order valence-corrected chi connectivity index (χ4v) is 12.5. The van der Waals surface area contributed by atoms with Gasteiger partial charge in [-0.05, 0) is 24.0 Å². The molecule has 294 valence electrons. The largest absolute Gasteiger partial charge is 0.184 e. The summed E-state index contributed by atoms with van der Waals surface area (Å²) >= 11 is -0.826. The monoisotopic (exact) mass is 921 g/mol. The minimum absolute atomic E-state index is 0.795. The van der Waals surface area contributed by atoms with Gasteiger partial charge in [-0.15, -0.1) is 74.6 Å². The Bertz CT molecular complexity index is 2420. The predicted octanol–water partition coefficient (Wildman–Crippen LogP) is 13.2. The summed E-state index contributed by atoms with van der Waals surface area (Å²) in [4.78, 5) is 0. The van der Waals surface area contributed by atoms with Gasteiger partial charge in [-0.25, -0.2) is 0 Å². The molecular weight excluding hydrogens is 871 g/mol. The zero-order chi connectivity index (χ0) is 41.5. The summed E-state index contributed by atoms with van der Waals surface area (Å²) in [5.41, 5.74) is 11.3. The molecular formula is C52H53Cl2Si3Zr-3. The summed E-state index contributed by atoms with van der Waals surface area (Å²) in [6.07, 6.45) is 2.20. The van der Waals surface area contributed by atoms with Crippen LogP contribution in [0.5, 0.6) is 0 Å². The van der Waals surface area contributed by atoms with Crippen LogP contribution in [0.1, 0.15) is 25.0 Å². The summed E-state index contributed by atoms with van der Waals surface area (Å²) in [7, 11) is 7.96. The van der Waals surface area contributed by atoms with Crippen LogP contribution < -0.4 is 20.7 Å². The Labute approximate surface area is 370 Å². The van der Waals surface area contributed by atoms with Gasteiger partial charge in [0, 0.05) is 0 Å². The summed E-state index contributed by atoms with van der Waals surface area (Å²) < 4.78 is 0. The fourth-order valence-electron chi connectivity index (χ4n) is 7.94. The molecule has 8 aromatic carbocycles. The van der Waals surface area contributed by atoms with Crippen LogP contribution in [-0.2, 0) is 33.7 Å². The van der Waals surface area contributed by atoms with Crippen molar-refractivity contribution >= 4 is 85.0 Å². The van der Waals surface area contributed by atoms with Crippen LogP contribution in [0.4, 0.5) is 0 Å². The summed E-state index contributed by atoms with van der Waals surface area (Å²) in [6, 6.07) is 58.9. The molecule has 6 heteroatoms. The number of hydrogen-bond donors (Lipinski definition) is 0. The van der Waals surface area contributed by atoms with Crippen LogP contribution in [-0.4, -0.2) is 25.7 Å². The van der Waals surface area contributed by atoms with Gasteiger partial charge >= 0.3 is 37.9 Å². The van der Waals surface area contributed by atoms with Gasteiger partial charge in [0.2, 0.25) is 0 Å². The van der Waals surface area contributed by atoms with Crippen molar-refractivity contribution in [2.75, 3.05) is 0 Å². The first-order valence-electron chi connectivity index (χ1n) is 20.3. The molecule has 0 saturated carbocycles. The van der Waals surface area contributed by atoms with Crippen molar-refractivity contribution in [2.24, 2.45) is 0 Å². The molecule has 0 unspecified atom stereocenters.